The van der Waals surface area contributed by atoms with Crippen LogP contribution >= 0.6 is 0 Å². The third-order valence-electron chi connectivity index (χ3n) is 2.70. The summed E-state index contributed by atoms with van der Waals surface area (Å²) >= 11 is 0. The monoisotopic (exact) mass is 231 g/mol. The maximum atomic E-state index is 11.2. The molecule has 0 unspecified atom stereocenters. The minimum absolute atomic E-state index is 0.137. The fourth-order valence-corrected chi connectivity index (χ4v) is 1.36. The largest absolute Gasteiger partial charge is 0.468 e. The van der Waals surface area contributed by atoms with Gasteiger partial charge in [0.05, 0.1) is 19.3 Å². The van der Waals surface area contributed by atoms with Gasteiger partial charge in [0.1, 0.15) is 0 Å². The predicted octanol–water partition coefficient (Wildman–Crippen LogP) is 1.69. The van der Waals surface area contributed by atoms with Crippen molar-refractivity contribution in [3.63, 3.8) is 0 Å². The Morgan fingerprint density at radius 3 is 2.31 bits per heavy atom. The summed E-state index contributed by atoms with van der Waals surface area (Å²) in [7, 11) is 3.13. The van der Waals surface area contributed by atoms with Crippen molar-refractivity contribution >= 4 is 5.97 Å². The van der Waals surface area contributed by atoms with Crippen molar-refractivity contribution in [3.8, 4) is 0 Å². The van der Waals surface area contributed by atoms with Gasteiger partial charge in [-0.2, -0.15) is 0 Å². The van der Waals surface area contributed by atoms with Crippen LogP contribution in [0, 0.1) is 0 Å². The van der Waals surface area contributed by atoms with Gasteiger partial charge in [0.2, 0.25) is 0 Å². The van der Waals surface area contributed by atoms with Crippen molar-refractivity contribution in [1.29, 1.82) is 0 Å². The van der Waals surface area contributed by atoms with E-state index < -0.39 is 0 Å². The van der Waals surface area contributed by atoms with E-state index >= 15 is 0 Å². The molecule has 0 amide bonds. The molecule has 4 heteroatoms. The summed E-state index contributed by atoms with van der Waals surface area (Å²) in [4.78, 5) is 13.3. The maximum absolute atomic E-state index is 11.2. The molecule has 96 valence electrons. The summed E-state index contributed by atoms with van der Waals surface area (Å²) in [5.74, 6) is -0.177. The highest BCUT2D eigenvalue weighted by Gasteiger charge is 2.19. The van der Waals surface area contributed by atoms with E-state index in [2.05, 4.69) is 30.4 Å². The van der Waals surface area contributed by atoms with Gasteiger partial charge in [0.25, 0.3) is 0 Å². The van der Waals surface area contributed by atoms with E-state index in [9.17, 15) is 4.79 Å². The highest BCUT2D eigenvalue weighted by molar-refractivity contribution is 5.71. The van der Waals surface area contributed by atoms with Crippen molar-refractivity contribution < 1.29 is 14.3 Å². The number of ether oxygens (including phenoxy) is 2. The van der Waals surface area contributed by atoms with E-state index in [4.69, 9.17) is 4.74 Å². The van der Waals surface area contributed by atoms with E-state index in [1.165, 1.54) is 7.11 Å². The third-order valence-corrected chi connectivity index (χ3v) is 2.70. The van der Waals surface area contributed by atoms with Gasteiger partial charge in [-0.1, -0.05) is 6.92 Å². The molecular formula is C12H25NO3. The quantitative estimate of drug-likeness (QED) is 0.596. The van der Waals surface area contributed by atoms with Gasteiger partial charge in [-0.05, 0) is 33.2 Å². The number of nitrogens with zero attached hydrogens (tertiary/aromatic N) is 1. The first-order valence-electron chi connectivity index (χ1n) is 5.79. The molecule has 4 nitrogen and oxygen atoms in total. The van der Waals surface area contributed by atoms with Crippen molar-refractivity contribution in [2.45, 2.75) is 39.2 Å². The van der Waals surface area contributed by atoms with Gasteiger partial charge in [0, 0.05) is 13.7 Å². The molecule has 0 radical (unpaired) electrons. The molecule has 0 bridgehead atoms. The van der Waals surface area contributed by atoms with E-state index in [1.807, 2.05) is 0 Å². The fourth-order valence-electron chi connectivity index (χ4n) is 1.36. The first-order valence-corrected chi connectivity index (χ1v) is 5.79. The minimum Gasteiger partial charge on any atom is -0.468 e. The molecule has 0 N–H and O–H groups in total. The first kappa shape index (κ1) is 15.4. The second-order valence-corrected chi connectivity index (χ2v) is 4.57. The average molecular weight is 231 g/mol. The number of hydrogen-bond acceptors (Lipinski definition) is 4. The van der Waals surface area contributed by atoms with Crippen LogP contribution in [0.1, 0.15) is 33.6 Å². The normalized spacial score (nSPS) is 11.9. The predicted molar refractivity (Wildman–Crippen MR) is 64.5 cm³/mol. The topological polar surface area (TPSA) is 38.8 Å². The van der Waals surface area contributed by atoms with E-state index in [1.54, 1.807) is 7.11 Å². The number of esters is 1. The second kappa shape index (κ2) is 7.63. The fraction of sp³-hybridized carbons (Fsp3) is 0.917. The molecule has 0 aromatic rings. The number of hydrogen-bond donors (Lipinski definition) is 0. The molecule has 0 aliphatic rings. The molecule has 16 heavy (non-hydrogen) atoms. The molecule has 0 atom stereocenters. The number of rotatable bonds is 8. The summed E-state index contributed by atoms with van der Waals surface area (Å²) < 4.78 is 10.0. The average Bonchev–Trinajstić information content (AvgIpc) is 2.26. The van der Waals surface area contributed by atoms with E-state index in [-0.39, 0.29) is 11.6 Å². The Hall–Kier alpha value is -0.610. The Kier molecular flexibility index (Phi) is 7.34. The van der Waals surface area contributed by atoms with Crippen molar-refractivity contribution in [3.05, 3.63) is 0 Å². The Bertz CT molecular complexity index is 204. The molecule has 0 spiro atoms. The van der Waals surface area contributed by atoms with Crippen LogP contribution in [-0.4, -0.2) is 50.3 Å². The Morgan fingerprint density at radius 1 is 1.25 bits per heavy atom. The van der Waals surface area contributed by atoms with Crippen LogP contribution in [0.3, 0.4) is 0 Å². The summed E-state index contributed by atoms with van der Waals surface area (Å²) in [6.45, 7) is 8.33. The van der Waals surface area contributed by atoms with Crippen LogP contribution in [-0.2, 0) is 14.3 Å². The van der Waals surface area contributed by atoms with Gasteiger partial charge in [-0.25, -0.2) is 0 Å². The Balaban J connectivity index is 4.07. The molecule has 0 aromatic heterocycles. The molecule has 0 aromatic carbocycles. The van der Waals surface area contributed by atoms with Gasteiger partial charge in [0.15, 0.2) is 0 Å². The maximum Gasteiger partial charge on any atom is 0.319 e. The lowest BCUT2D eigenvalue weighted by atomic mass is 10.1. The van der Waals surface area contributed by atoms with Gasteiger partial charge < -0.3 is 9.47 Å². The summed E-state index contributed by atoms with van der Waals surface area (Å²) in [5.41, 5.74) is -0.137. The van der Waals surface area contributed by atoms with Crippen molar-refractivity contribution in [2.75, 3.05) is 33.9 Å². The molecule has 0 heterocycles. The van der Waals surface area contributed by atoms with Crippen LogP contribution in [0.5, 0.6) is 0 Å². The Morgan fingerprint density at radius 2 is 1.88 bits per heavy atom. The van der Waals surface area contributed by atoms with Crippen LogP contribution in [0.4, 0.5) is 0 Å². The number of carbonyl (C=O) groups excluding carboxylic acids is 1. The lowest BCUT2D eigenvalue weighted by molar-refractivity contribution is -0.142. The van der Waals surface area contributed by atoms with E-state index in [0.717, 1.165) is 25.9 Å². The molecule has 0 saturated heterocycles. The standard InChI is InChI=1S/C12H25NO3/c1-6-8-13(10-11(14)15-4)9-7-12(2,3)16-5/h6-10H2,1-5H3. The molecule has 0 aliphatic heterocycles. The zero-order valence-electron chi connectivity index (χ0n) is 11.2. The minimum atomic E-state index is -0.177. The zero-order chi connectivity index (χ0) is 12.6. The summed E-state index contributed by atoms with van der Waals surface area (Å²) in [5, 5.41) is 0. The molecule has 0 fully saturated rings. The second-order valence-electron chi connectivity index (χ2n) is 4.57. The molecule has 0 aliphatic carbocycles. The SMILES string of the molecule is CCCN(CCC(C)(C)OC)CC(=O)OC. The van der Waals surface area contributed by atoms with Crippen molar-refractivity contribution in [1.82, 2.24) is 4.90 Å². The summed E-state index contributed by atoms with van der Waals surface area (Å²) in [6, 6.07) is 0. The number of carbonyl (C=O) groups is 1. The van der Waals surface area contributed by atoms with Gasteiger partial charge in [-0.3, -0.25) is 9.69 Å². The lowest BCUT2D eigenvalue weighted by Gasteiger charge is -2.27. The lowest BCUT2D eigenvalue weighted by Crippen LogP contribution is -2.36. The zero-order valence-corrected chi connectivity index (χ0v) is 11.2. The Labute approximate surface area is 98.9 Å². The van der Waals surface area contributed by atoms with Gasteiger partial charge >= 0.3 is 5.97 Å². The highest BCUT2D eigenvalue weighted by Crippen LogP contribution is 2.13. The first-order chi connectivity index (χ1) is 7.45. The smallest absolute Gasteiger partial charge is 0.319 e. The van der Waals surface area contributed by atoms with Gasteiger partial charge in [-0.15, -0.1) is 0 Å². The van der Waals surface area contributed by atoms with Crippen molar-refractivity contribution in [2.24, 2.45) is 0 Å². The number of methoxy groups -OCH3 is 2. The molecular weight excluding hydrogens is 206 g/mol. The highest BCUT2D eigenvalue weighted by atomic mass is 16.5. The third kappa shape index (κ3) is 6.80. The van der Waals surface area contributed by atoms with Crippen LogP contribution in [0.2, 0.25) is 0 Å². The van der Waals surface area contributed by atoms with Crippen LogP contribution in [0.25, 0.3) is 0 Å². The van der Waals surface area contributed by atoms with Crippen LogP contribution < -0.4 is 0 Å². The van der Waals surface area contributed by atoms with E-state index in [0.29, 0.717) is 6.54 Å². The van der Waals surface area contributed by atoms with Crippen LogP contribution in [0.15, 0.2) is 0 Å². The molecule has 0 saturated carbocycles. The molecule has 0 rings (SSSR count). The summed E-state index contributed by atoms with van der Waals surface area (Å²) in [6.07, 6.45) is 1.94.